The second kappa shape index (κ2) is 13.8. The van der Waals surface area contributed by atoms with Crippen LogP contribution in [-0.2, 0) is 0 Å². The Morgan fingerprint density at radius 2 is 0.883 bits per heavy atom. The summed E-state index contributed by atoms with van der Waals surface area (Å²) in [5, 5.41) is 5.46. The molecule has 0 bridgehead atoms. The van der Waals surface area contributed by atoms with Crippen LogP contribution in [0.4, 0.5) is 0 Å². The van der Waals surface area contributed by atoms with Crippen LogP contribution in [0.5, 0.6) is 0 Å². The first kappa shape index (κ1) is 33.9. The van der Waals surface area contributed by atoms with E-state index >= 15 is 0 Å². The first-order chi connectivity index (χ1) is 29.7. The number of aromatic nitrogens is 3. The zero-order valence-corrected chi connectivity index (χ0v) is 32.2. The monoisotopic (exact) mass is 767 g/mol. The molecule has 0 aliphatic carbocycles. The number of hydrogen-bond donors (Lipinski definition) is 0. The standard InChI is InChI=1S/C55H33N3O2/c1-2-11-36(12-3-1)48-33-49(58-55(57-48)38-28-24-34(25-29-38)39-15-9-19-47-41(39)18-10-32-56-47)37-26-22-35(23-27-37)40-30-31-45(54-52(40)46-14-5-7-21-51(46)60-54)44-17-8-16-43-42-13-4-6-20-50(42)59-53(43)44/h1-33H. The van der Waals surface area contributed by atoms with Crippen molar-refractivity contribution < 1.29 is 8.83 Å². The largest absolute Gasteiger partial charge is 0.455 e. The van der Waals surface area contributed by atoms with Gasteiger partial charge in [-0.15, -0.1) is 0 Å². The Bertz CT molecular complexity index is 3580. The zero-order valence-electron chi connectivity index (χ0n) is 32.2. The molecule has 0 aliphatic heterocycles. The van der Waals surface area contributed by atoms with E-state index in [1.54, 1.807) is 0 Å². The lowest BCUT2D eigenvalue weighted by Gasteiger charge is -2.12. The van der Waals surface area contributed by atoms with Crippen LogP contribution in [0.3, 0.4) is 0 Å². The molecule has 12 rings (SSSR count). The summed E-state index contributed by atoms with van der Waals surface area (Å²) in [5.74, 6) is 0.670. The van der Waals surface area contributed by atoms with Gasteiger partial charge in [-0.05, 0) is 58.7 Å². The molecule has 0 spiro atoms. The third-order valence-electron chi connectivity index (χ3n) is 11.6. The van der Waals surface area contributed by atoms with Gasteiger partial charge in [0.05, 0.1) is 16.9 Å². The summed E-state index contributed by atoms with van der Waals surface area (Å²) in [4.78, 5) is 14.8. The molecule has 60 heavy (non-hydrogen) atoms. The van der Waals surface area contributed by atoms with E-state index in [-0.39, 0.29) is 0 Å². The molecule has 0 N–H and O–H groups in total. The fraction of sp³-hybridized carbons (Fsp3) is 0. The second-order valence-corrected chi connectivity index (χ2v) is 15.1. The van der Waals surface area contributed by atoms with Crippen LogP contribution in [0.2, 0.25) is 0 Å². The normalized spacial score (nSPS) is 11.7. The van der Waals surface area contributed by atoms with Crippen molar-refractivity contribution in [1.29, 1.82) is 0 Å². The van der Waals surface area contributed by atoms with Crippen molar-refractivity contribution in [1.82, 2.24) is 15.0 Å². The fourth-order valence-electron chi connectivity index (χ4n) is 8.70. The number of benzene rings is 8. The van der Waals surface area contributed by atoms with Gasteiger partial charge in [-0.1, -0.05) is 158 Å². The molecule has 4 aromatic heterocycles. The molecule has 0 radical (unpaired) electrons. The number of nitrogens with zero attached hydrogens (tertiary/aromatic N) is 3. The maximum absolute atomic E-state index is 6.72. The predicted molar refractivity (Wildman–Crippen MR) is 245 cm³/mol. The van der Waals surface area contributed by atoms with Gasteiger partial charge >= 0.3 is 0 Å². The van der Waals surface area contributed by atoms with E-state index in [0.29, 0.717) is 5.82 Å². The Morgan fingerprint density at radius 1 is 0.333 bits per heavy atom. The minimum absolute atomic E-state index is 0.670. The molecule has 4 heterocycles. The van der Waals surface area contributed by atoms with Gasteiger partial charge in [0.25, 0.3) is 0 Å². The number of furan rings is 2. The molecule has 0 amide bonds. The lowest BCUT2D eigenvalue weighted by atomic mass is 9.93. The van der Waals surface area contributed by atoms with E-state index in [9.17, 15) is 0 Å². The van der Waals surface area contributed by atoms with Crippen LogP contribution < -0.4 is 0 Å². The third-order valence-corrected chi connectivity index (χ3v) is 11.6. The number of hydrogen-bond acceptors (Lipinski definition) is 5. The van der Waals surface area contributed by atoms with Gasteiger partial charge in [0.1, 0.15) is 22.3 Å². The summed E-state index contributed by atoms with van der Waals surface area (Å²) < 4.78 is 13.2. The summed E-state index contributed by atoms with van der Waals surface area (Å²) >= 11 is 0. The average Bonchev–Trinajstić information content (AvgIpc) is 3.91. The van der Waals surface area contributed by atoms with E-state index in [4.69, 9.17) is 18.8 Å². The van der Waals surface area contributed by atoms with Crippen LogP contribution >= 0.6 is 0 Å². The van der Waals surface area contributed by atoms with Gasteiger partial charge in [-0.2, -0.15) is 0 Å². The Balaban J connectivity index is 0.955. The first-order valence-corrected chi connectivity index (χ1v) is 20.1. The minimum atomic E-state index is 0.670. The SMILES string of the molecule is c1ccc(-c2cc(-c3ccc(-c4ccc(-c5cccc6c5oc5ccccc56)c5oc6ccccc6c45)cc3)nc(-c3ccc(-c4cccc5ncccc45)cc3)n2)cc1. The van der Waals surface area contributed by atoms with Crippen LogP contribution in [0.15, 0.2) is 209 Å². The van der Waals surface area contributed by atoms with Crippen LogP contribution in [0.1, 0.15) is 0 Å². The van der Waals surface area contributed by atoms with E-state index in [0.717, 1.165) is 116 Å². The topological polar surface area (TPSA) is 65.0 Å². The Kier molecular flexibility index (Phi) is 7.78. The molecule has 0 aliphatic rings. The molecule has 12 aromatic rings. The van der Waals surface area contributed by atoms with Crippen molar-refractivity contribution in [3.8, 4) is 67.3 Å². The maximum atomic E-state index is 6.72. The smallest absolute Gasteiger partial charge is 0.160 e. The summed E-state index contributed by atoms with van der Waals surface area (Å²) in [6.45, 7) is 0. The highest BCUT2D eigenvalue weighted by molar-refractivity contribution is 6.19. The highest BCUT2D eigenvalue weighted by Gasteiger charge is 2.21. The number of fused-ring (bicyclic) bond motifs is 7. The molecular formula is C55H33N3O2. The van der Waals surface area contributed by atoms with Crippen molar-refractivity contribution >= 4 is 54.8 Å². The molecule has 5 heteroatoms. The maximum Gasteiger partial charge on any atom is 0.160 e. The van der Waals surface area contributed by atoms with Crippen molar-refractivity contribution in [3.63, 3.8) is 0 Å². The Morgan fingerprint density at radius 3 is 1.68 bits per heavy atom. The first-order valence-electron chi connectivity index (χ1n) is 20.1. The third kappa shape index (κ3) is 5.59. The van der Waals surface area contributed by atoms with Crippen LogP contribution in [-0.4, -0.2) is 15.0 Å². The van der Waals surface area contributed by atoms with Crippen LogP contribution in [0, 0.1) is 0 Å². The fourth-order valence-corrected chi connectivity index (χ4v) is 8.70. The van der Waals surface area contributed by atoms with Crippen molar-refractivity contribution in [2.75, 3.05) is 0 Å². The molecule has 0 atom stereocenters. The molecule has 5 nitrogen and oxygen atoms in total. The lowest BCUT2D eigenvalue weighted by Crippen LogP contribution is -1.96. The highest BCUT2D eigenvalue weighted by Crippen LogP contribution is 2.45. The van der Waals surface area contributed by atoms with Gasteiger partial charge in [-0.25, -0.2) is 9.97 Å². The molecule has 8 aromatic carbocycles. The van der Waals surface area contributed by atoms with E-state index in [1.807, 2.05) is 60.8 Å². The number of para-hydroxylation sites is 3. The summed E-state index contributed by atoms with van der Waals surface area (Å²) in [7, 11) is 0. The quantitative estimate of drug-likeness (QED) is 0.169. The minimum Gasteiger partial charge on any atom is -0.455 e. The summed E-state index contributed by atoms with van der Waals surface area (Å²) in [5.41, 5.74) is 15.5. The molecule has 0 unspecified atom stereocenters. The predicted octanol–water partition coefficient (Wildman–Crippen LogP) is 14.8. The number of rotatable bonds is 6. The van der Waals surface area contributed by atoms with E-state index < -0.39 is 0 Å². The van der Waals surface area contributed by atoms with E-state index in [2.05, 4.69) is 145 Å². The summed E-state index contributed by atoms with van der Waals surface area (Å²) in [6.07, 6.45) is 1.83. The van der Waals surface area contributed by atoms with Gasteiger partial charge in [0.15, 0.2) is 5.82 Å². The van der Waals surface area contributed by atoms with Crippen molar-refractivity contribution in [2.24, 2.45) is 0 Å². The molecule has 280 valence electrons. The van der Waals surface area contributed by atoms with Gasteiger partial charge in [-0.3, -0.25) is 4.98 Å². The van der Waals surface area contributed by atoms with Crippen molar-refractivity contribution in [2.45, 2.75) is 0 Å². The molecule has 0 saturated carbocycles. The second-order valence-electron chi connectivity index (χ2n) is 15.1. The van der Waals surface area contributed by atoms with Gasteiger partial charge in [0.2, 0.25) is 0 Å². The van der Waals surface area contributed by atoms with Crippen LogP contribution in [0.25, 0.3) is 122 Å². The highest BCUT2D eigenvalue weighted by atomic mass is 16.3. The van der Waals surface area contributed by atoms with Crippen molar-refractivity contribution in [3.05, 3.63) is 200 Å². The van der Waals surface area contributed by atoms with E-state index in [1.165, 1.54) is 0 Å². The van der Waals surface area contributed by atoms with Gasteiger partial charge < -0.3 is 8.83 Å². The number of pyridine rings is 1. The average molecular weight is 768 g/mol. The molecule has 0 saturated heterocycles. The lowest BCUT2D eigenvalue weighted by molar-refractivity contribution is 0.665. The summed E-state index contributed by atoms with van der Waals surface area (Å²) in [6, 6.07) is 67.1. The zero-order chi connectivity index (χ0) is 39.6. The Hall–Kier alpha value is -8.15. The molecular weight excluding hydrogens is 735 g/mol. The van der Waals surface area contributed by atoms with Gasteiger partial charge in [0, 0.05) is 60.9 Å². The molecule has 0 fully saturated rings. The Labute approximate surface area is 344 Å².